The second kappa shape index (κ2) is 6.10. The zero-order valence-electron chi connectivity index (χ0n) is 9.03. The molecule has 0 aliphatic carbocycles. The second-order valence-electron chi connectivity index (χ2n) is 3.42. The van der Waals surface area contributed by atoms with Crippen molar-refractivity contribution < 1.29 is 9.84 Å². The van der Waals surface area contributed by atoms with Crippen molar-refractivity contribution in [1.82, 2.24) is 4.90 Å². The highest BCUT2D eigenvalue weighted by molar-refractivity contribution is 9.10. The standard InChI is InChI=1S/C11H16BrNO2/c1-13(5-6-14)8-9-7-10(12)3-4-11(9)15-2/h3-4,7,14H,5-6,8H2,1-2H3. The summed E-state index contributed by atoms with van der Waals surface area (Å²) in [5, 5.41) is 8.81. The van der Waals surface area contributed by atoms with Crippen molar-refractivity contribution in [2.24, 2.45) is 0 Å². The number of likely N-dealkylation sites (N-methyl/N-ethyl adjacent to an activating group) is 1. The number of aliphatic hydroxyl groups excluding tert-OH is 1. The molecule has 0 radical (unpaired) electrons. The van der Waals surface area contributed by atoms with Gasteiger partial charge in [0, 0.05) is 23.1 Å². The highest BCUT2D eigenvalue weighted by atomic mass is 79.9. The van der Waals surface area contributed by atoms with Gasteiger partial charge in [0.1, 0.15) is 5.75 Å². The molecule has 0 atom stereocenters. The lowest BCUT2D eigenvalue weighted by Crippen LogP contribution is -2.21. The van der Waals surface area contributed by atoms with E-state index in [0.717, 1.165) is 22.3 Å². The first kappa shape index (κ1) is 12.5. The van der Waals surface area contributed by atoms with Gasteiger partial charge in [-0.25, -0.2) is 0 Å². The molecule has 1 N–H and O–H groups in total. The largest absolute Gasteiger partial charge is 0.496 e. The van der Waals surface area contributed by atoms with Crippen molar-refractivity contribution >= 4 is 15.9 Å². The van der Waals surface area contributed by atoms with E-state index in [4.69, 9.17) is 9.84 Å². The smallest absolute Gasteiger partial charge is 0.123 e. The van der Waals surface area contributed by atoms with E-state index in [2.05, 4.69) is 15.9 Å². The van der Waals surface area contributed by atoms with Crippen molar-refractivity contribution in [3.8, 4) is 5.75 Å². The molecular weight excluding hydrogens is 258 g/mol. The highest BCUT2D eigenvalue weighted by Crippen LogP contribution is 2.23. The molecule has 84 valence electrons. The van der Waals surface area contributed by atoms with Gasteiger partial charge in [-0.3, -0.25) is 4.90 Å². The Morgan fingerprint density at radius 3 is 2.80 bits per heavy atom. The molecule has 15 heavy (non-hydrogen) atoms. The van der Waals surface area contributed by atoms with Crippen molar-refractivity contribution in [1.29, 1.82) is 0 Å². The molecule has 0 aliphatic heterocycles. The topological polar surface area (TPSA) is 32.7 Å². The number of hydrogen-bond acceptors (Lipinski definition) is 3. The number of rotatable bonds is 5. The average molecular weight is 274 g/mol. The fourth-order valence-corrected chi connectivity index (χ4v) is 1.82. The summed E-state index contributed by atoms with van der Waals surface area (Å²) in [4.78, 5) is 2.05. The van der Waals surface area contributed by atoms with E-state index in [1.165, 1.54) is 0 Å². The van der Waals surface area contributed by atoms with Crippen LogP contribution in [0.2, 0.25) is 0 Å². The van der Waals surface area contributed by atoms with Crippen molar-refractivity contribution in [3.05, 3.63) is 28.2 Å². The average Bonchev–Trinajstić information content (AvgIpc) is 2.18. The third-order valence-electron chi connectivity index (χ3n) is 2.16. The molecule has 0 heterocycles. The Hall–Kier alpha value is -0.580. The van der Waals surface area contributed by atoms with Crippen LogP contribution in [-0.2, 0) is 6.54 Å². The number of benzene rings is 1. The monoisotopic (exact) mass is 273 g/mol. The van der Waals surface area contributed by atoms with Gasteiger partial charge in [0.25, 0.3) is 0 Å². The SMILES string of the molecule is COc1ccc(Br)cc1CN(C)CCO. The summed E-state index contributed by atoms with van der Waals surface area (Å²) in [5.41, 5.74) is 1.11. The first-order chi connectivity index (χ1) is 7.17. The summed E-state index contributed by atoms with van der Waals surface area (Å²) in [6, 6.07) is 5.92. The first-order valence-corrected chi connectivity index (χ1v) is 5.58. The molecular formula is C11H16BrNO2. The van der Waals surface area contributed by atoms with E-state index in [9.17, 15) is 0 Å². The molecule has 0 bridgehead atoms. The number of nitrogens with zero attached hydrogens (tertiary/aromatic N) is 1. The third kappa shape index (κ3) is 3.81. The van der Waals surface area contributed by atoms with Crippen LogP contribution in [0, 0.1) is 0 Å². The lowest BCUT2D eigenvalue weighted by molar-refractivity contribution is 0.216. The fourth-order valence-electron chi connectivity index (χ4n) is 1.41. The van der Waals surface area contributed by atoms with E-state index in [1.54, 1.807) is 7.11 Å². The van der Waals surface area contributed by atoms with Crippen LogP contribution in [0.5, 0.6) is 5.75 Å². The van der Waals surface area contributed by atoms with Crippen molar-refractivity contribution in [3.63, 3.8) is 0 Å². The molecule has 3 nitrogen and oxygen atoms in total. The Morgan fingerprint density at radius 1 is 1.47 bits per heavy atom. The number of ether oxygens (including phenoxy) is 1. The maximum absolute atomic E-state index is 8.81. The molecule has 0 spiro atoms. The van der Waals surface area contributed by atoms with Crippen LogP contribution in [0.15, 0.2) is 22.7 Å². The fraction of sp³-hybridized carbons (Fsp3) is 0.455. The summed E-state index contributed by atoms with van der Waals surface area (Å²) in [5.74, 6) is 0.878. The zero-order chi connectivity index (χ0) is 11.3. The normalized spacial score (nSPS) is 10.7. The van der Waals surface area contributed by atoms with E-state index in [1.807, 2.05) is 30.1 Å². The van der Waals surface area contributed by atoms with Crippen LogP contribution < -0.4 is 4.74 Å². The van der Waals surface area contributed by atoms with Crippen LogP contribution in [0.3, 0.4) is 0 Å². The number of methoxy groups -OCH3 is 1. The number of aliphatic hydroxyl groups is 1. The molecule has 1 aromatic rings. The predicted molar refractivity (Wildman–Crippen MR) is 64.1 cm³/mol. The molecule has 0 amide bonds. The minimum absolute atomic E-state index is 0.173. The van der Waals surface area contributed by atoms with Gasteiger partial charge in [0.15, 0.2) is 0 Å². The minimum Gasteiger partial charge on any atom is -0.496 e. The van der Waals surface area contributed by atoms with Gasteiger partial charge in [-0.05, 0) is 25.2 Å². The molecule has 0 fully saturated rings. The molecule has 0 saturated carbocycles. The van der Waals surface area contributed by atoms with Gasteiger partial charge in [-0.1, -0.05) is 15.9 Å². The summed E-state index contributed by atoms with van der Waals surface area (Å²) < 4.78 is 6.31. The van der Waals surface area contributed by atoms with Gasteiger partial charge >= 0.3 is 0 Å². The van der Waals surface area contributed by atoms with Crippen molar-refractivity contribution in [2.75, 3.05) is 27.3 Å². The quantitative estimate of drug-likeness (QED) is 0.890. The Balaban J connectivity index is 2.77. The Bertz CT molecular complexity index is 317. The van der Waals surface area contributed by atoms with E-state index < -0.39 is 0 Å². The molecule has 0 saturated heterocycles. The molecule has 4 heteroatoms. The van der Waals surface area contributed by atoms with Crippen LogP contribution in [0.4, 0.5) is 0 Å². The highest BCUT2D eigenvalue weighted by Gasteiger charge is 2.06. The third-order valence-corrected chi connectivity index (χ3v) is 2.66. The van der Waals surface area contributed by atoms with Gasteiger partial charge in [-0.2, -0.15) is 0 Å². The number of hydrogen-bond donors (Lipinski definition) is 1. The molecule has 0 aliphatic rings. The second-order valence-corrected chi connectivity index (χ2v) is 4.33. The summed E-state index contributed by atoms with van der Waals surface area (Å²) in [6.07, 6.45) is 0. The number of halogens is 1. The van der Waals surface area contributed by atoms with Crippen LogP contribution in [0.1, 0.15) is 5.56 Å². The maximum atomic E-state index is 8.81. The van der Waals surface area contributed by atoms with Gasteiger partial charge in [0.05, 0.1) is 13.7 Å². The Labute approximate surface area is 98.8 Å². The molecule has 0 aromatic heterocycles. The predicted octanol–water partition coefficient (Wildman–Crippen LogP) is 1.88. The van der Waals surface area contributed by atoms with Gasteiger partial charge < -0.3 is 9.84 Å². The first-order valence-electron chi connectivity index (χ1n) is 4.79. The van der Waals surface area contributed by atoms with E-state index >= 15 is 0 Å². The Morgan fingerprint density at radius 2 is 2.20 bits per heavy atom. The van der Waals surface area contributed by atoms with Crippen LogP contribution in [-0.4, -0.2) is 37.3 Å². The Kier molecular flexibility index (Phi) is 5.08. The maximum Gasteiger partial charge on any atom is 0.123 e. The molecule has 1 rings (SSSR count). The van der Waals surface area contributed by atoms with Gasteiger partial charge in [-0.15, -0.1) is 0 Å². The lowest BCUT2D eigenvalue weighted by Gasteiger charge is -2.17. The molecule has 0 unspecified atom stereocenters. The van der Waals surface area contributed by atoms with Crippen LogP contribution >= 0.6 is 15.9 Å². The van der Waals surface area contributed by atoms with E-state index in [-0.39, 0.29) is 6.61 Å². The lowest BCUT2D eigenvalue weighted by atomic mass is 10.2. The van der Waals surface area contributed by atoms with E-state index in [0.29, 0.717) is 6.54 Å². The zero-order valence-corrected chi connectivity index (χ0v) is 10.6. The summed E-state index contributed by atoms with van der Waals surface area (Å²) >= 11 is 3.43. The van der Waals surface area contributed by atoms with Gasteiger partial charge in [0.2, 0.25) is 0 Å². The van der Waals surface area contributed by atoms with Crippen LogP contribution in [0.25, 0.3) is 0 Å². The summed E-state index contributed by atoms with van der Waals surface area (Å²) in [6.45, 7) is 1.60. The minimum atomic E-state index is 0.173. The molecule has 1 aromatic carbocycles. The van der Waals surface area contributed by atoms with Crippen molar-refractivity contribution in [2.45, 2.75) is 6.54 Å². The summed E-state index contributed by atoms with van der Waals surface area (Å²) in [7, 11) is 3.63.